The fourth-order valence-electron chi connectivity index (χ4n) is 2.68. The Hall–Kier alpha value is -1.10. The van der Waals surface area contributed by atoms with Crippen LogP contribution in [0.1, 0.15) is 12.0 Å². The van der Waals surface area contributed by atoms with Crippen LogP contribution in [0.3, 0.4) is 0 Å². The normalized spacial score (nSPS) is 22.5. The van der Waals surface area contributed by atoms with E-state index >= 15 is 0 Å². The van der Waals surface area contributed by atoms with E-state index < -0.39 is 0 Å². The van der Waals surface area contributed by atoms with Crippen molar-refractivity contribution >= 4 is 5.69 Å². The third-order valence-electron chi connectivity index (χ3n) is 3.56. The standard InChI is InChI=1S/C13H18N2O2/c14-9-11-3-1-2-4-12(11)15-6-5-13(10-15)16-7-8-17-13/h1-4H,5-10,14H2. The molecular weight excluding hydrogens is 216 g/mol. The van der Waals surface area contributed by atoms with E-state index in [-0.39, 0.29) is 5.79 Å². The Morgan fingerprint density at radius 1 is 1.24 bits per heavy atom. The summed E-state index contributed by atoms with van der Waals surface area (Å²) in [6.07, 6.45) is 0.936. The van der Waals surface area contributed by atoms with Gasteiger partial charge in [-0.3, -0.25) is 0 Å². The number of benzene rings is 1. The Kier molecular flexibility index (Phi) is 2.78. The lowest BCUT2D eigenvalue weighted by atomic mass is 10.1. The quantitative estimate of drug-likeness (QED) is 0.832. The highest BCUT2D eigenvalue weighted by Crippen LogP contribution is 2.34. The summed E-state index contributed by atoms with van der Waals surface area (Å²) in [6.45, 7) is 3.78. The van der Waals surface area contributed by atoms with Crippen LogP contribution < -0.4 is 10.6 Å². The van der Waals surface area contributed by atoms with E-state index in [1.54, 1.807) is 0 Å². The Labute approximate surface area is 101 Å². The molecule has 3 rings (SSSR count). The average Bonchev–Trinajstić information content (AvgIpc) is 3.00. The maximum absolute atomic E-state index is 5.77. The van der Waals surface area contributed by atoms with Crippen molar-refractivity contribution in [3.63, 3.8) is 0 Å². The van der Waals surface area contributed by atoms with Crippen LogP contribution in [0.15, 0.2) is 24.3 Å². The smallest absolute Gasteiger partial charge is 0.187 e. The van der Waals surface area contributed by atoms with Crippen molar-refractivity contribution in [2.75, 3.05) is 31.2 Å². The molecule has 92 valence electrons. The van der Waals surface area contributed by atoms with Gasteiger partial charge in [0.1, 0.15) is 0 Å². The van der Waals surface area contributed by atoms with Crippen LogP contribution in [-0.2, 0) is 16.0 Å². The molecule has 2 fully saturated rings. The number of hydrogen-bond donors (Lipinski definition) is 1. The van der Waals surface area contributed by atoms with Gasteiger partial charge in [0.05, 0.1) is 19.8 Å². The van der Waals surface area contributed by atoms with E-state index in [4.69, 9.17) is 15.2 Å². The van der Waals surface area contributed by atoms with Gasteiger partial charge >= 0.3 is 0 Å². The van der Waals surface area contributed by atoms with Gasteiger partial charge in [-0.2, -0.15) is 0 Å². The second-order valence-corrected chi connectivity index (χ2v) is 4.61. The minimum atomic E-state index is -0.359. The van der Waals surface area contributed by atoms with Crippen LogP contribution in [0.2, 0.25) is 0 Å². The van der Waals surface area contributed by atoms with Crippen molar-refractivity contribution in [3.05, 3.63) is 29.8 Å². The molecule has 0 aromatic heterocycles. The van der Waals surface area contributed by atoms with Gasteiger partial charge in [-0.15, -0.1) is 0 Å². The highest BCUT2D eigenvalue weighted by molar-refractivity contribution is 5.54. The number of para-hydroxylation sites is 1. The largest absolute Gasteiger partial charge is 0.366 e. The van der Waals surface area contributed by atoms with Crippen molar-refractivity contribution in [1.29, 1.82) is 0 Å². The van der Waals surface area contributed by atoms with E-state index in [2.05, 4.69) is 23.1 Å². The van der Waals surface area contributed by atoms with Gasteiger partial charge in [-0.25, -0.2) is 0 Å². The van der Waals surface area contributed by atoms with Crippen molar-refractivity contribution < 1.29 is 9.47 Å². The minimum absolute atomic E-state index is 0.359. The first kappa shape index (κ1) is 11.0. The van der Waals surface area contributed by atoms with Gasteiger partial charge in [0.25, 0.3) is 0 Å². The van der Waals surface area contributed by atoms with Gasteiger partial charge in [0.15, 0.2) is 5.79 Å². The van der Waals surface area contributed by atoms with Crippen LogP contribution in [-0.4, -0.2) is 32.1 Å². The lowest BCUT2D eigenvalue weighted by Crippen LogP contribution is -2.34. The second kappa shape index (κ2) is 4.29. The zero-order valence-corrected chi connectivity index (χ0v) is 9.89. The summed E-state index contributed by atoms with van der Waals surface area (Å²) in [7, 11) is 0. The minimum Gasteiger partial charge on any atom is -0.366 e. The molecule has 4 heteroatoms. The Morgan fingerprint density at radius 3 is 2.76 bits per heavy atom. The average molecular weight is 234 g/mol. The summed E-state index contributed by atoms with van der Waals surface area (Å²) in [5.74, 6) is -0.359. The molecule has 2 heterocycles. The monoisotopic (exact) mass is 234 g/mol. The van der Waals surface area contributed by atoms with Crippen LogP contribution in [0, 0.1) is 0 Å². The summed E-state index contributed by atoms with van der Waals surface area (Å²) in [6, 6.07) is 8.28. The molecule has 2 N–H and O–H groups in total. The van der Waals surface area contributed by atoms with Crippen LogP contribution in [0.4, 0.5) is 5.69 Å². The van der Waals surface area contributed by atoms with E-state index in [1.165, 1.54) is 11.3 Å². The summed E-state index contributed by atoms with van der Waals surface area (Å²) in [5, 5.41) is 0. The lowest BCUT2D eigenvalue weighted by Gasteiger charge is -2.24. The summed E-state index contributed by atoms with van der Waals surface area (Å²) < 4.78 is 11.5. The third kappa shape index (κ3) is 1.92. The van der Waals surface area contributed by atoms with Crippen molar-refractivity contribution in [2.45, 2.75) is 18.8 Å². The molecule has 0 unspecified atom stereocenters. The molecule has 0 aliphatic carbocycles. The lowest BCUT2D eigenvalue weighted by molar-refractivity contribution is -0.137. The predicted molar refractivity (Wildman–Crippen MR) is 65.8 cm³/mol. The summed E-state index contributed by atoms with van der Waals surface area (Å²) in [4.78, 5) is 2.31. The first-order valence-electron chi connectivity index (χ1n) is 6.14. The van der Waals surface area contributed by atoms with Gasteiger partial charge in [0, 0.05) is 25.2 Å². The molecule has 4 nitrogen and oxygen atoms in total. The molecule has 2 aliphatic rings. The van der Waals surface area contributed by atoms with Crippen molar-refractivity contribution in [2.24, 2.45) is 5.73 Å². The van der Waals surface area contributed by atoms with Gasteiger partial charge in [-0.05, 0) is 11.6 Å². The van der Waals surface area contributed by atoms with Crippen molar-refractivity contribution in [3.8, 4) is 0 Å². The Morgan fingerprint density at radius 2 is 2.00 bits per heavy atom. The molecule has 0 atom stereocenters. The highest BCUT2D eigenvalue weighted by Gasteiger charge is 2.43. The second-order valence-electron chi connectivity index (χ2n) is 4.61. The van der Waals surface area contributed by atoms with Crippen LogP contribution in [0.5, 0.6) is 0 Å². The highest BCUT2D eigenvalue weighted by atomic mass is 16.7. The molecule has 0 radical (unpaired) electrons. The topological polar surface area (TPSA) is 47.7 Å². The van der Waals surface area contributed by atoms with Crippen molar-refractivity contribution in [1.82, 2.24) is 0 Å². The number of nitrogens with zero attached hydrogens (tertiary/aromatic N) is 1. The molecule has 17 heavy (non-hydrogen) atoms. The number of ether oxygens (including phenoxy) is 2. The first-order valence-corrected chi connectivity index (χ1v) is 6.14. The Balaban J connectivity index is 1.82. The maximum atomic E-state index is 5.77. The van der Waals surface area contributed by atoms with Crippen LogP contribution in [0.25, 0.3) is 0 Å². The number of rotatable bonds is 2. The van der Waals surface area contributed by atoms with Gasteiger partial charge in [-0.1, -0.05) is 18.2 Å². The van der Waals surface area contributed by atoms with Crippen LogP contribution >= 0.6 is 0 Å². The van der Waals surface area contributed by atoms with Gasteiger partial charge < -0.3 is 20.1 Å². The first-order chi connectivity index (χ1) is 8.33. The molecule has 2 saturated heterocycles. The van der Waals surface area contributed by atoms with Gasteiger partial charge in [0.2, 0.25) is 0 Å². The van der Waals surface area contributed by atoms with E-state index in [0.29, 0.717) is 19.8 Å². The number of anilines is 1. The molecule has 1 aromatic carbocycles. The van der Waals surface area contributed by atoms with E-state index in [9.17, 15) is 0 Å². The molecule has 1 spiro atoms. The predicted octanol–water partition coefficient (Wildman–Crippen LogP) is 1.10. The molecule has 2 aliphatic heterocycles. The molecule has 0 saturated carbocycles. The van der Waals surface area contributed by atoms with E-state index in [0.717, 1.165) is 19.5 Å². The summed E-state index contributed by atoms with van der Waals surface area (Å²) in [5.41, 5.74) is 8.17. The Bertz CT molecular complexity index is 402. The fourth-order valence-corrected chi connectivity index (χ4v) is 2.68. The summed E-state index contributed by atoms with van der Waals surface area (Å²) >= 11 is 0. The maximum Gasteiger partial charge on any atom is 0.187 e. The zero-order valence-electron chi connectivity index (χ0n) is 9.89. The number of nitrogens with two attached hydrogens (primary N) is 1. The zero-order chi connectivity index (χ0) is 11.7. The molecular formula is C13H18N2O2. The number of hydrogen-bond acceptors (Lipinski definition) is 4. The fraction of sp³-hybridized carbons (Fsp3) is 0.538. The molecule has 1 aromatic rings. The van der Waals surface area contributed by atoms with E-state index in [1.807, 2.05) is 6.07 Å². The molecule has 0 bridgehead atoms. The third-order valence-corrected chi connectivity index (χ3v) is 3.56. The SMILES string of the molecule is NCc1ccccc1N1CCC2(C1)OCCO2. The molecule has 0 amide bonds.